The largest absolute Gasteiger partial charge is 0.324 e. The standard InChI is InChI=1S/C17H25N3/c1-10(18)15-9-19-16(20-11(15)2)17-6-12-3-13(7-17)5-14(4-12)8-17/h9-10,12-14H,3-8,18H2,1-2H3/t10-,12?,13?,14?,17?/m1/s1. The maximum atomic E-state index is 5.99. The second kappa shape index (κ2) is 4.27. The van der Waals surface area contributed by atoms with Crippen LogP contribution >= 0.6 is 0 Å². The molecule has 5 rings (SSSR count). The zero-order valence-electron chi connectivity index (χ0n) is 12.6. The van der Waals surface area contributed by atoms with Gasteiger partial charge >= 0.3 is 0 Å². The average molecular weight is 271 g/mol. The zero-order chi connectivity index (χ0) is 13.9. The lowest BCUT2D eigenvalue weighted by atomic mass is 9.49. The normalized spacial score (nSPS) is 40.0. The minimum Gasteiger partial charge on any atom is -0.324 e. The predicted molar refractivity (Wildman–Crippen MR) is 79.2 cm³/mol. The van der Waals surface area contributed by atoms with Gasteiger partial charge in [0.05, 0.1) is 0 Å². The van der Waals surface area contributed by atoms with Crippen molar-refractivity contribution in [3.8, 4) is 0 Å². The third-order valence-electron chi connectivity index (χ3n) is 6.02. The lowest BCUT2D eigenvalue weighted by molar-refractivity contribution is -0.00950. The summed E-state index contributed by atoms with van der Waals surface area (Å²) < 4.78 is 0. The van der Waals surface area contributed by atoms with E-state index in [-0.39, 0.29) is 6.04 Å². The molecule has 20 heavy (non-hydrogen) atoms. The molecule has 108 valence electrons. The number of nitrogens with zero attached hydrogens (tertiary/aromatic N) is 2. The molecule has 4 fully saturated rings. The molecular weight excluding hydrogens is 246 g/mol. The summed E-state index contributed by atoms with van der Waals surface area (Å²) in [7, 11) is 0. The van der Waals surface area contributed by atoms with E-state index in [4.69, 9.17) is 15.7 Å². The molecule has 1 heterocycles. The van der Waals surface area contributed by atoms with Gasteiger partial charge in [0, 0.05) is 28.9 Å². The van der Waals surface area contributed by atoms with Crippen LogP contribution in [0.1, 0.15) is 68.6 Å². The molecule has 4 aliphatic rings. The fraction of sp³-hybridized carbons (Fsp3) is 0.765. The SMILES string of the molecule is Cc1nc(C23CC4CC(CC(C4)C2)C3)ncc1[C@@H](C)N. The first-order valence-electron chi connectivity index (χ1n) is 8.15. The predicted octanol–water partition coefficient (Wildman–Crippen LogP) is 3.27. The van der Waals surface area contributed by atoms with Crippen LogP contribution in [0.3, 0.4) is 0 Å². The van der Waals surface area contributed by atoms with Crippen molar-refractivity contribution in [2.45, 2.75) is 63.8 Å². The Kier molecular flexibility index (Phi) is 2.72. The van der Waals surface area contributed by atoms with Gasteiger partial charge in [-0.2, -0.15) is 0 Å². The third kappa shape index (κ3) is 1.82. The molecule has 1 aromatic heterocycles. The lowest BCUT2D eigenvalue weighted by Gasteiger charge is -2.56. The van der Waals surface area contributed by atoms with Crippen molar-refractivity contribution >= 4 is 0 Å². The van der Waals surface area contributed by atoms with Crippen molar-refractivity contribution in [3.05, 3.63) is 23.3 Å². The molecule has 0 radical (unpaired) electrons. The van der Waals surface area contributed by atoms with Crippen molar-refractivity contribution in [1.82, 2.24) is 9.97 Å². The molecule has 0 unspecified atom stereocenters. The fourth-order valence-corrected chi connectivity index (χ4v) is 5.56. The summed E-state index contributed by atoms with van der Waals surface area (Å²) in [5.74, 6) is 3.95. The van der Waals surface area contributed by atoms with E-state index in [9.17, 15) is 0 Å². The number of aromatic nitrogens is 2. The molecule has 4 saturated carbocycles. The molecule has 3 heteroatoms. The summed E-state index contributed by atoms with van der Waals surface area (Å²) in [6, 6.07) is 0.0282. The van der Waals surface area contributed by atoms with Crippen LogP contribution in [0.25, 0.3) is 0 Å². The number of rotatable bonds is 2. The molecule has 0 amide bonds. The highest BCUT2D eigenvalue weighted by molar-refractivity contribution is 5.24. The van der Waals surface area contributed by atoms with Gasteiger partial charge in [-0.1, -0.05) is 0 Å². The van der Waals surface area contributed by atoms with Gasteiger partial charge in [0.2, 0.25) is 0 Å². The van der Waals surface area contributed by atoms with Crippen LogP contribution < -0.4 is 5.73 Å². The molecule has 4 aliphatic carbocycles. The van der Waals surface area contributed by atoms with E-state index in [0.29, 0.717) is 5.41 Å². The van der Waals surface area contributed by atoms with Gasteiger partial charge in [-0.05, 0) is 70.1 Å². The Hall–Kier alpha value is -0.960. The molecule has 0 aromatic carbocycles. The van der Waals surface area contributed by atoms with E-state index in [0.717, 1.165) is 34.8 Å². The van der Waals surface area contributed by atoms with Gasteiger partial charge in [-0.15, -0.1) is 0 Å². The van der Waals surface area contributed by atoms with Gasteiger partial charge in [-0.25, -0.2) is 9.97 Å². The minimum absolute atomic E-state index is 0.0282. The monoisotopic (exact) mass is 271 g/mol. The molecule has 1 atom stereocenters. The Morgan fingerprint density at radius 3 is 2.15 bits per heavy atom. The van der Waals surface area contributed by atoms with Crippen molar-refractivity contribution in [3.63, 3.8) is 0 Å². The summed E-state index contributed by atoms with van der Waals surface area (Å²) in [6.07, 6.45) is 10.4. The summed E-state index contributed by atoms with van der Waals surface area (Å²) in [4.78, 5) is 9.65. The van der Waals surface area contributed by atoms with Crippen molar-refractivity contribution < 1.29 is 0 Å². The lowest BCUT2D eigenvalue weighted by Crippen LogP contribution is -2.49. The Morgan fingerprint density at radius 2 is 1.70 bits per heavy atom. The summed E-state index contributed by atoms with van der Waals surface area (Å²) in [5.41, 5.74) is 8.47. The summed E-state index contributed by atoms with van der Waals surface area (Å²) in [6.45, 7) is 4.10. The molecule has 0 spiro atoms. The van der Waals surface area contributed by atoms with E-state index in [1.165, 1.54) is 38.5 Å². The van der Waals surface area contributed by atoms with Crippen molar-refractivity contribution in [1.29, 1.82) is 0 Å². The van der Waals surface area contributed by atoms with E-state index in [1.54, 1.807) is 0 Å². The molecule has 0 saturated heterocycles. The molecular formula is C17H25N3. The molecule has 1 aromatic rings. The van der Waals surface area contributed by atoms with Crippen LogP contribution in [0.15, 0.2) is 6.20 Å². The quantitative estimate of drug-likeness (QED) is 0.898. The topological polar surface area (TPSA) is 51.8 Å². The van der Waals surface area contributed by atoms with Crippen LogP contribution in [-0.2, 0) is 5.41 Å². The fourth-order valence-electron chi connectivity index (χ4n) is 5.56. The summed E-state index contributed by atoms with van der Waals surface area (Å²) in [5, 5.41) is 0. The van der Waals surface area contributed by atoms with E-state index in [2.05, 4.69) is 6.92 Å². The van der Waals surface area contributed by atoms with Crippen molar-refractivity contribution in [2.75, 3.05) is 0 Å². The molecule has 4 bridgehead atoms. The second-order valence-corrected chi connectivity index (χ2v) is 7.72. The Balaban J connectivity index is 1.72. The number of aryl methyl sites for hydroxylation is 1. The highest BCUT2D eigenvalue weighted by Crippen LogP contribution is 2.60. The zero-order valence-corrected chi connectivity index (χ0v) is 12.6. The van der Waals surface area contributed by atoms with Gasteiger partial charge in [0.1, 0.15) is 5.82 Å². The first kappa shape index (κ1) is 12.8. The Labute approximate surface area is 121 Å². The summed E-state index contributed by atoms with van der Waals surface area (Å²) >= 11 is 0. The van der Waals surface area contributed by atoms with E-state index < -0.39 is 0 Å². The van der Waals surface area contributed by atoms with Gasteiger partial charge in [0.25, 0.3) is 0 Å². The van der Waals surface area contributed by atoms with Gasteiger partial charge in [0.15, 0.2) is 0 Å². The Morgan fingerprint density at radius 1 is 1.15 bits per heavy atom. The first-order valence-corrected chi connectivity index (χ1v) is 8.15. The van der Waals surface area contributed by atoms with Crippen LogP contribution in [0.5, 0.6) is 0 Å². The Bertz CT molecular complexity index is 500. The van der Waals surface area contributed by atoms with E-state index >= 15 is 0 Å². The number of nitrogens with two attached hydrogens (primary N) is 1. The van der Waals surface area contributed by atoms with Crippen LogP contribution in [0, 0.1) is 24.7 Å². The maximum absolute atomic E-state index is 5.99. The third-order valence-corrected chi connectivity index (χ3v) is 6.02. The number of hydrogen-bond acceptors (Lipinski definition) is 3. The number of hydrogen-bond donors (Lipinski definition) is 1. The van der Waals surface area contributed by atoms with Crippen LogP contribution in [-0.4, -0.2) is 9.97 Å². The van der Waals surface area contributed by atoms with Crippen molar-refractivity contribution in [2.24, 2.45) is 23.5 Å². The van der Waals surface area contributed by atoms with Gasteiger partial charge < -0.3 is 5.73 Å². The molecule has 2 N–H and O–H groups in total. The average Bonchev–Trinajstić information content (AvgIpc) is 2.36. The first-order chi connectivity index (χ1) is 9.56. The highest BCUT2D eigenvalue weighted by Gasteiger charge is 2.53. The minimum atomic E-state index is 0.0282. The highest BCUT2D eigenvalue weighted by atomic mass is 14.9. The molecule has 0 aliphatic heterocycles. The second-order valence-electron chi connectivity index (χ2n) is 7.72. The van der Waals surface area contributed by atoms with Crippen LogP contribution in [0.2, 0.25) is 0 Å². The smallest absolute Gasteiger partial charge is 0.134 e. The maximum Gasteiger partial charge on any atom is 0.134 e. The van der Waals surface area contributed by atoms with Gasteiger partial charge in [-0.3, -0.25) is 0 Å². The molecule has 3 nitrogen and oxygen atoms in total. The van der Waals surface area contributed by atoms with Crippen LogP contribution in [0.4, 0.5) is 0 Å². The van der Waals surface area contributed by atoms with E-state index in [1.807, 2.05) is 13.1 Å².